The summed E-state index contributed by atoms with van der Waals surface area (Å²) in [6, 6.07) is 24.0. The molecule has 1 heterocycles. The van der Waals surface area contributed by atoms with Gasteiger partial charge in [0, 0.05) is 26.6 Å². The predicted octanol–water partition coefficient (Wildman–Crippen LogP) is 4.75. The molecular weight excluding hydrogens is 461 g/mol. The SMILES string of the molecule is O=C1C2=C(C(=O)N1c1ccc(I)cc1)C1c3ccccc3C2c2ccccc21. The molecule has 0 atom stereocenters. The lowest BCUT2D eigenvalue weighted by molar-refractivity contribution is -0.120. The third-order valence-electron chi connectivity index (χ3n) is 6.06. The number of hydrogen-bond donors (Lipinski definition) is 0. The number of nitrogens with zero attached hydrogens (tertiary/aromatic N) is 1. The van der Waals surface area contributed by atoms with E-state index < -0.39 is 0 Å². The van der Waals surface area contributed by atoms with Crippen LogP contribution in [0.5, 0.6) is 0 Å². The highest BCUT2D eigenvalue weighted by Crippen LogP contribution is 2.58. The number of imide groups is 1. The van der Waals surface area contributed by atoms with Gasteiger partial charge in [-0.25, -0.2) is 4.90 Å². The van der Waals surface area contributed by atoms with E-state index in [-0.39, 0.29) is 23.7 Å². The summed E-state index contributed by atoms with van der Waals surface area (Å²) in [6.45, 7) is 0. The fraction of sp³-hybridized carbons (Fsp3) is 0.0833. The molecule has 2 amide bonds. The van der Waals surface area contributed by atoms with Gasteiger partial charge in [0.15, 0.2) is 0 Å². The highest BCUT2D eigenvalue weighted by atomic mass is 127. The van der Waals surface area contributed by atoms with E-state index >= 15 is 0 Å². The van der Waals surface area contributed by atoms with Crippen molar-refractivity contribution in [2.75, 3.05) is 4.90 Å². The zero-order chi connectivity index (χ0) is 19.0. The minimum atomic E-state index is -0.180. The topological polar surface area (TPSA) is 37.4 Å². The van der Waals surface area contributed by atoms with E-state index in [0.29, 0.717) is 16.8 Å². The molecule has 0 aromatic heterocycles. The van der Waals surface area contributed by atoms with Crippen molar-refractivity contribution in [1.82, 2.24) is 0 Å². The van der Waals surface area contributed by atoms with Gasteiger partial charge in [-0.05, 0) is 69.1 Å². The van der Waals surface area contributed by atoms with Crippen LogP contribution in [0.25, 0.3) is 0 Å². The van der Waals surface area contributed by atoms with E-state index in [1.807, 2.05) is 48.5 Å². The lowest BCUT2D eigenvalue weighted by Crippen LogP contribution is -2.32. The van der Waals surface area contributed by atoms with Crippen LogP contribution in [0.2, 0.25) is 0 Å². The Hall–Kier alpha value is -2.73. The van der Waals surface area contributed by atoms with Gasteiger partial charge in [-0.15, -0.1) is 0 Å². The lowest BCUT2D eigenvalue weighted by Gasteiger charge is -2.39. The van der Waals surface area contributed by atoms with Gasteiger partial charge < -0.3 is 0 Å². The van der Waals surface area contributed by atoms with Crippen molar-refractivity contribution in [3.8, 4) is 0 Å². The van der Waals surface area contributed by atoms with Crippen LogP contribution < -0.4 is 4.90 Å². The largest absolute Gasteiger partial charge is 0.269 e. The minimum absolute atomic E-state index is 0.169. The first-order valence-electron chi connectivity index (χ1n) is 9.23. The molecular formula is C24H14INO2. The van der Waals surface area contributed by atoms with E-state index in [9.17, 15) is 9.59 Å². The molecule has 0 fully saturated rings. The Morgan fingerprint density at radius 1 is 0.607 bits per heavy atom. The summed E-state index contributed by atoms with van der Waals surface area (Å²) in [4.78, 5) is 28.3. The number of halogens is 1. The Labute approximate surface area is 175 Å². The Morgan fingerprint density at radius 2 is 1.00 bits per heavy atom. The highest BCUT2D eigenvalue weighted by molar-refractivity contribution is 14.1. The summed E-state index contributed by atoms with van der Waals surface area (Å²) in [6.07, 6.45) is 0. The van der Waals surface area contributed by atoms with Crippen molar-refractivity contribution < 1.29 is 9.59 Å². The first-order chi connectivity index (χ1) is 13.7. The molecule has 0 saturated carbocycles. The van der Waals surface area contributed by atoms with Gasteiger partial charge in [-0.1, -0.05) is 48.5 Å². The van der Waals surface area contributed by atoms with Crippen LogP contribution in [0.4, 0.5) is 5.69 Å². The van der Waals surface area contributed by atoms with Gasteiger partial charge in [0.1, 0.15) is 0 Å². The second-order valence-electron chi connectivity index (χ2n) is 7.37. The van der Waals surface area contributed by atoms with Gasteiger partial charge in [0.25, 0.3) is 11.8 Å². The van der Waals surface area contributed by atoms with Crippen LogP contribution in [0.15, 0.2) is 83.9 Å². The monoisotopic (exact) mass is 475 g/mol. The molecule has 0 spiro atoms. The Kier molecular flexibility index (Phi) is 3.27. The van der Waals surface area contributed by atoms with Gasteiger partial charge in [-0.2, -0.15) is 0 Å². The van der Waals surface area contributed by atoms with Gasteiger partial charge >= 0.3 is 0 Å². The number of carbonyl (C=O) groups excluding carboxylic acids is 2. The van der Waals surface area contributed by atoms with Crippen molar-refractivity contribution in [1.29, 1.82) is 0 Å². The molecule has 3 nitrogen and oxygen atoms in total. The fourth-order valence-corrected chi connectivity index (χ4v) is 5.34. The highest BCUT2D eigenvalue weighted by Gasteiger charge is 2.53. The smallest absolute Gasteiger partial charge is 0.262 e. The number of amides is 2. The minimum Gasteiger partial charge on any atom is -0.269 e. The molecule has 0 saturated heterocycles. The maximum absolute atomic E-state index is 13.5. The second kappa shape index (κ2) is 5.64. The van der Waals surface area contributed by atoms with E-state index in [1.54, 1.807) is 0 Å². The van der Waals surface area contributed by atoms with Gasteiger partial charge in [0.05, 0.1) is 5.69 Å². The van der Waals surface area contributed by atoms with Crippen molar-refractivity contribution in [2.24, 2.45) is 0 Å². The molecule has 3 aromatic carbocycles. The maximum Gasteiger partial charge on any atom is 0.262 e. The third-order valence-corrected chi connectivity index (χ3v) is 6.77. The van der Waals surface area contributed by atoms with Crippen molar-refractivity contribution >= 4 is 40.1 Å². The first-order valence-corrected chi connectivity index (χ1v) is 10.3. The summed E-state index contributed by atoms with van der Waals surface area (Å²) >= 11 is 2.22. The normalized spacial score (nSPS) is 21.7. The number of anilines is 1. The molecule has 28 heavy (non-hydrogen) atoms. The number of rotatable bonds is 1. The van der Waals surface area contributed by atoms with Crippen LogP contribution in [0.3, 0.4) is 0 Å². The Balaban J connectivity index is 1.59. The quantitative estimate of drug-likeness (QED) is 0.377. The molecule has 3 aromatic rings. The molecule has 4 aliphatic rings. The number of hydrogen-bond acceptors (Lipinski definition) is 2. The predicted molar refractivity (Wildman–Crippen MR) is 115 cm³/mol. The number of benzene rings is 3. The van der Waals surface area contributed by atoms with Crippen LogP contribution >= 0.6 is 22.6 Å². The molecule has 134 valence electrons. The molecule has 3 aliphatic carbocycles. The van der Waals surface area contributed by atoms with E-state index in [2.05, 4.69) is 46.9 Å². The molecule has 0 unspecified atom stereocenters. The summed E-state index contributed by atoms with van der Waals surface area (Å²) in [5, 5.41) is 0. The zero-order valence-corrected chi connectivity index (χ0v) is 16.9. The van der Waals surface area contributed by atoms with Crippen LogP contribution in [-0.4, -0.2) is 11.8 Å². The maximum atomic E-state index is 13.5. The van der Waals surface area contributed by atoms with Crippen molar-refractivity contribution in [3.05, 3.63) is 110 Å². The summed E-state index contributed by atoms with van der Waals surface area (Å²) in [5.41, 5.74) is 6.55. The standard InChI is InChI=1S/C24H14INO2/c25-13-9-11-14(12-10-13)26-23(27)21-19-15-5-1-2-6-16(15)20(22(21)24(26)28)18-8-4-3-7-17(18)19/h1-12,19-20H. The average Bonchev–Trinajstić information content (AvgIpc) is 3.00. The van der Waals surface area contributed by atoms with E-state index in [4.69, 9.17) is 0 Å². The third kappa shape index (κ3) is 1.93. The van der Waals surface area contributed by atoms with Crippen LogP contribution in [0.1, 0.15) is 34.1 Å². The molecule has 1 aliphatic heterocycles. The summed E-state index contributed by atoms with van der Waals surface area (Å²) in [5.74, 6) is -0.698. The van der Waals surface area contributed by atoms with E-state index in [0.717, 1.165) is 25.8 Å². The van der Waals surface area contributed by atoms with Crippen molar-refractivity contribution in [3.63, 3.8) is 0 Å². The first kappa shape index (κ1) is 16.2. The van der Waals surface area contributed by atoms with Gasteiger partial charge in [0.2, 0.25) is 0 Å². The second-order valence-corrected chi connectivity index (χ2v) is 8.62. The van der Waals surface area contributed by atoms with E-state index in [1.165, 1.54) is 4.90 Å². The molecule has 0 radical (unpaired) electrons. The Bertz CT molecular complexity index is 1110. The number of carbonyl (C=O) groups is 2. The lowest BCUT2D eigenvalue weighted by atomic mass is 9.61. The zero-order valence-electron chi connectivity index (χ0n) is 14.7. The summed E-state index contributed by atoms with van der Waals surface area (Å²) in [7, 11) is 0. The fourth-order valence-electron chi connectivity index (χ4n) is 4.98. The van der Waals surface area contributed by atoms with Crippen LogP contribution in [0, 0.1) is 3.57 Å². The summed E-state index contributed by atoms with van der Waals surface area (Å²) < 4.78 is 1.07. The average molecular weight is 475 g/mol. The molecule has 4 heteroatoms. The van der Waals surface area contributed by atoms with Crippen LogP contribution in [-0.2, 0) is 9.59 Å². The Morgan fingerprint density at radius 3 is 1.39 bits per heavy atom. The molecule has 2 bridgehead atoms. The van der Waals surface area contributed by atoms with Gasteiger partial charge in [-0.3, -0.25) is 9.59 Å². The molecule has 7 rings (SSSR count). The van der Waals surface area contributed by atoms with Crippen molar-refractivity contribution in [2.45, 2.75) is 11.8 Å². The molecule has 0 N–H and O–H groups in total.